The number of rotatable bonds is 2. The molecule has 1 radical (unpaired) electrons. The zero-order valence-corrected chi connectivity index (χ0v) is 18.0. The molecule has 0 saturated heterocycles. The second-order valence-electron chi connectivity index (χ2n) is 7.12. The van der Waals surface area contributed by atoms with Crippen LogP contribution in [0.2, 0.25) is 18.1 Å². The van der Waals surface area contributed by atoms with Crippen molar-refractivity contribution in [2.24, 2.45) is 0 Å². The molecule has 0 amide bonds. The molecule has 1 N–H and O–H groups in total. The number of halogens is 2. The van der Waals surface area contributed by atoms with Gasteiger partial charge in [-0.3, -0.25) is 6.08 Å². The van der Waals surface area contributed by atoms with E-state index in [1.54, 1.807) is 0 Å². The van der Waals surface area contributed by atoms with Crippen molar-refractivity contribution in [2.45, 2.75) is 72.1 Å². The van der Waals surface area contributed by atoms with Crippen LogP contribution >= 0.6 is 0 Å². The van der Waals surface area contributed by atoms with Gasteiger partial charge in [-0.25, -0.2) is 5.57 Å². The molecular formula is C15H28Cl2CrNSi. The third-order valence-electron chi connectivity index (χ3n) is 4.25. The minimum atomic E-state index is -1.62. The van der Waals surface area contributed by atoms with Crippen LogP contribution in [-0.4, -0.2) is 13.8 Å². The summed E-state index contributed by atoms with van der Waals surface area (Å²) in [5, 5.41) is 0.119. The van der Waals surface area contributed by atoms with Gasteiger partial charge in [0.25, 0.3) is 0 Å². The van der Waals surface area contributed by atoms with E-state index in [-0.39, 0.29) is 52.8 Å². The molecule has 0 aromatic heterocycles. The van der Waals surface area contributed by atoms with E-state index in [1.807, 2.05) is 0 Å². The Morgan fingerprint density at radius 1 is 1.05 bits per heavy atom. The number of hydrogen-bond donors (Lipinski definition) is 1. The maximum absolute atomic E-state index is 3.88. The Balaban J connectivity index is -0.000000963. The number of allylic oxidation sites excluding steroid dienone is 4. The molecule has 0 aliphatic heterocycles. The first-order chi connectivity index (χ1) is 7.41. The molecule has 5 heteroatoms. The maximum Gasteiger partial charge on any atom is 3.00 e. The Bertz CT molecular complexity index is 397. The summed E-state index contributed by atoms with van der Waals surface area (Å²) >= 11 is 0. The van der Waals surface area contributed by atoms with E-state index in [1.165, 1.54) is 16.7 Å². The SMILES string of the molecule is CC1=[C-]C(C)([Si](C)(C)NC(C)(C)C)C(C)=C1C.[Cl-].[Cl-].[Cr+3]. The van der Waals surface area contributed by atoms with Gasteiger partial charge in [0.15, 0.2) is 0 Å². The fraction of sp³-hybridized carbons (Fsp3) is 0.733. The molecule has 117 valence electrons. The predicted octanol–water partition coefficient (Wildman–Crippen LogP) is -1.56. The fourth-order valence-electron chi connectivity index (χ4n) is 2.91. The minimum Gasteiger partial charge on any atom is -1.00 e. The van der Waals surface area contributed by atoms with Crippen LogP contribution < -0.4 is 29.8 Å². The maximum atomic E-state index is 3.88. The van der Waals surface area contributed by atoms with Gasteiger partial charge in [0.2, 0.25) is 0 Å². The average molecular weight is 373 g/mol. The van der Waals surface area contributed by atoms with E-state index >= 15 is 0 Å². The van der Waals surface area contributed by atoms with E-state index in [9.17, 15) is 0 Å². The Hall–Kier alpha value is 0.769. The summed E-state index contributed by atoms with van der Waals surface area (Å²) in [6.07, 6.45) is 3.73. The van der Waals surface area contributed by atoms with Gasteiger partial charge in [0.1, 0.15) is 8.24 Å². The molecule has 0 aromatic carbocycles. The molecule has 0 bridgehead atoms. The first-order valence-corrected chi connectivity index (χ1v) is 9.50. The Morgan fingerprint density at radius 2 is 1.45 bits per heavy atom. The van der Waals surface area contributed by atoms with Gasteiger partial charge in [-0.15, -0.1) is 6.92 Å². The second kappa shape index (κ2) is 7.86. The van der Waals surface area contributed by atoms with Gasteiger partial charge in [0.05, 0.1) is 0 Å². The zero-order chi connectivity index (χ0) is 13.6. The third kappa shape index (κ3) is 4.90. The quantitative estimate of drug-likeness (QED) is 0.456. The van der Waals surface area contributed by atoms with Crippen molar-refractivity contribution in [1.82, 2.24) is 4.98 Å². The average Bonchev–Trinajstić information content (AvgIpc) is 2.27. The number of hydrogen-bond acceptors (Lipinski definition) is 1. The third-order valence-corrected chi connectivity index (χ3v) is 8.62. The van der Waals surface area contributed by atoms with Crippen molar-refractivity contribution in [2.75, 3.05) is 0 Å². The molecule has 0 aromatic rings. The Kier molecular flexibility index (Phi) is 10.1. The van der Waals surface area contributed by atoms with E-state index in [0.29, 0.717) is 0 Å². The van der Waals surface area contributed by atoms with Crippen molar-refractivity contribution in [1.29, 1.82) is 0 Å². The predicted molar refractivity (Wildman–Crippen MR) is 79.5 cm³/mol. The normalized spacial score (nSPS) is 22.6. The van der Waals surface area contributed by atoms with Gasteiger partial charge in [-0.05, 0) is 20.8 Å². The molecule has 0 spiro atoms. The van der Waals surface area contributed by atoms with Gasteiger partial charge >= 0.3 is 17.4 Å². The molecular weight excluding hydrogens is 345 g/mol. The summed E-state index contributed by atoms with van der Waals surface area (Å²) in [6.45, 7) is 20.6. The second-order valence-corrected chi connectivity index (χ2v) is 11.6. The van der Waals surface area contributed by atoms with Gasteiger partial charge in [-0.1, -0.05) is 38.9 Å². The van der Waals surface area contributed by atoms with Crippen LogP contribution in [0, 0.1) is 6.08 Å². The summed E-state index contributed by atoms with van der Waals surface area (Å²) in [7, 11) is -1.62. The van der Waals surface area contributed by atoms with Crippen LogP contribution in [-0.2, 0) is 17.4 Å². The van der Waals surface area contributed by atoms with Crippen LogP contribution in [0.4, 0.5) is 0 Å². The smallest absolute Gasteiger partial charge is 1.00 e. The minimum absolute atomic E-state index is 0. The molecule has 1 aliphatic carbocycles. The molecule has 1 atom stereocenters. The van der Waals surface area contributed by atoms with Gasteiger partial charge in [0, 0.05) is 5.54 Å². The van der Waals surface area contributed by atoms with E-state index in [4.69, 9.17) is 0 Å². The van der Waals surface area contributed by atoms with Crippen LogP contribution in [0.5, 0.6) is 0 Å². The van der Waals surface area contributed by atoms with Crippen molar-refractivity contribution in [3.05, 3.63) is 22.8 Å². The van der Waals surface area contributed by atoms with Crippen molar-refractivity contribution in [3.8, 4) is 0 Å². The topological polar surface area (TPSA) is 12.0 Å². The first kappa shape index (κ1) is 25.7. The van der Waals surface area contributed by atoms with E-state index in [2.05, 4.69) is 72.6 Å². The first-order valence-electron chi connectivity index (χ1n) is 6.50. The molecule has 1 aliphatic rings. The van der Waals surface area contributed by atoms with Crippen molar-refractivity contribution in [3.63, 3.8) is 0 Å². The Morgan fingerprint density at radius 3 is 1.70 bits per heavy atom. The molecule has 0 fully saturated rings. The monoisotopic (exact) mass is 372 g/mol. The summed E-state index contributed by atoms with van der Waals surface area (Å²) in [5.41, 5.74) is 4.44. The zero-order valence-electron chi connectivity index (χ0n) is 14.2. The molecule has 1 rings (SSSR count). The van der Waals surface area contributed by atoms with Crippen LogP contribution in [0.25, 0.3) is 0 Å². The molecule has 20 heavy (non-hydrogen) atoms. The van der Waals surface area contributed by atoms with E-state index in [0.717, 1.165) is 0 Å². The van der Waals surface area contributed by atoms with Crippen molar-refractivity contribution >= 4 is 8.24 Å². The largest absolute Gasteiger partial charge is 3.00 e. The van der Waals surface area contributed by atoms with Crippen LogP contribution in [0.3, 0.4) is 0 Å². The summed E-state index contributed by atoms with van der Waals surface area (Å²) in [5.74, 6) is 0. The van der Waals surface area contributed by atoms with Gasteiger partial charge < -0.3 is 29.8 Å². The summed E-state index contributed by atoms with van der Waals surface area (Å²) in [6, 6.07) is 0. The standard InChI is InChI=1S/C15H28NSi.2ClH.Cr/c1-11-10-15(7,13(3)12(11)2)17(8,9)16-14(4,5)6;;;/h16H,1-9H3;2*1H;/q-1;;;+3/p-2. The molecule has 1 unspecified atom stereocenters. The van der Waals surface area contributed by atoms with Crippen LogP contribution in [0.15, 0.2) is 16.7 Å². The fourth-order valence-corrected chi connectivity index (χ4v) is 6.66. The Labute approximate surface area is 150 Å². The summed E-state index contributed by atoms with van der Waals surface area (Å²) in [4.78, 5) is 3.88. The van der Waals surface area contributed by atoms with Gasteiger partial charge in [-0.2, -0.15) is 11.1 Å². The molecule has 1 nitrogen and oxygen atoms in total. The number of nitrogens with one attached hydrogen (secondary N) is 1. The van der Waals surface area contributed by atoms with Crippen molar-refractivity contribution < 1.29 is 42.2 Å². The summed E-state index contributed by atoms with van der Waals surface area (Å²) < 4.78 is 0. The van der Waals surface area contributed by atoms with Crippen LogP contribution in [0.1, 0.15) is 48.5 Å². The molecule has 0 saturated carbocycles. The molecule has 0 heterocycles. The van der Waals surface area contributed by atoms with E-state index < -0.39 is 8.24 Å².